The lowest BCUT2D eigenvalue weighted by atomic mass is 10.0. The molecule has 0 saturated carbocycles. The first-order chi connectivity index (χ1) is 15.0. The van der Waals surface area contributed by atoms with E-state index in [0.717, 1.165) is 44.5 Å². The van der Waals surface area contributed by atoms with Crippen molar-refractivity contribution in [2.45, 2.75) is 33.4 Å². The Morgan fingerprint density at radius 1 is 1.00 bits per heavy atom. The Balaban J connectivity index is 1.85. The van der Waals surface area contributed by atoms with Crippen LogP contribution in [0.15, 0.2) is 67.3 Å². The molecule has 0 aliphatic rings. The van der Waals surface area contributed by atoms with Gasteiger partial charge in [0.2, 0.25) is 0 Å². The summed E-state index contributed by atoms with van der Waals surface area (Å²) in [6, 6.07) is 17.7. The maximum atomic E-state index is 6.25. The molecular formula is C26H27Cl2NO2. The second kappa shape index (κ2) is 11.1. The molecule has 0 bridgehead atoms. The molecular weight excluding hydrogens is 429 g/mol. The van der Waals surface area contributed by atoms with Crippen LogP contribution < -0.4 is 14.8 Å². The van der Waals surface area contributed by atoms with Crippen molar-refractivity contribution in [3.05, 3.63) is 99.6 Å². The van der Waals surface area contributed by atoms with Gasteiger partial charge in [-0.3, -0.25) is 0 Å². The third kappa shape index (κ3) is 6.19. The molecule has 0 aliphatic heterocycles. The van der Waals surface area contributed by atoms with Gasteiger partial charge in [0.05, 0.1) is 6.61 Å². The average molecular weight is 456 g/mol. The lowest BCUT2D eigenvalue weighted by Crippen LogP contribution is -2.06. The molecule has 0 fully saturated rings. The fraction of sp³-hybridized carbons (Fsp3) is 0.231. The molecule has 0 aliphatic carbocycles. The fourth-order valence-electron chi connectivity index (χ4n) is 3.29. The molecule has 0 radical (unpaired) electrons. The van der Waals surface area contributed by atoms with Gasteiger partial charge in [0.15, 0.2) is 11.5 Å². The van der Waals surface area contributed by atoms with Gasteiger partial charge < -0.3 is 14.8 Å². The van der Waals surface area contributed by atoms with E-state index < -0.39 is 0 Å². The molecule has 3 aromatic carbocycles. The van der Waals surface area contributed by atoms with Crippen LogP contribution in [0.4, 0.5) is 5.69 Å². The summed E-state index contributed by atoms with van der Waals surface area (Å²) in [7, 11) is 0. The second-order valence-electron chi connectivity index (χ2n) is 7.19. The van der Waals surface area contributed by atoms with Crippen LogP contribution in [0.25, 0.3) is 0 Å². The van der Waals surface area contributed by atoms with E-state index >= 15 is 0 Å². The molecule has 0 atom stereocenters. The van der Waals surface area contributed by atoms with Crippen molar-refractivity contribution in [3.8, 4) is 11.5 Å². The minimum Gasteiger partial charge on any atom is -0.490 e. The molecule has 0 amide bonds. The first-order valence-electron chi connectivity index (χ1n) is 10.3. The summed E-state index contributed by atoms with van der Waals surface area (Å²) in [5.41, 5.74) is 5.22. The first kappa shape index (κ1) is 23.1. The number of hydrogen-bond acceptors (Lipinski definition) is 3. The molecule has 0 unspecified atom stereocenters. The van der Waals surface area contributed by atoms with Gasteiger partial charge >= 0.3 is 0 Å². The summed E-state index contributed by atoms with van der Waals surface area (Å²) in [5, 5.41) is 4.93. The van der Waals surface area contributed by atoms with E-state index in [1.165, 1.54) is 0 Å². The predicted octanol–water partition coefficient (Wildman–Crippen LogP) is 7.62. The van der Waals surface area contributed by atoms with Crippen LogP contribution in [-0.4, -0.2) is 6.61 Å². The molecule has 0 saturated heterocycles. The number of nitrogens with one attached hydrogen (secondary N) is 1. The largest absolute Gasteiger partial charge is 0.490 e. The quantitative estimate of drug-likeness (QED) is 0.318. The molecule has 0 aromatic heterocycles. The first-order valence-corrected chi connectivity index (χ1v) is 11.0. The van der Waals surface area contributed by atoms with Crippen LogP contribution in [0.5, 0.6) is 11.5 Å². The highest BCUT2D eigenvalue weighted by Crippen LogP contribution is 2.35. The third-order valence-electron chi connectivity index (χ3n) is 4.90. The third-order valence-corrected chi connectivity index (χ3v) is 5.56. The Labute approximate surface area is 194 Å². The zero-order chi connectivity index (χ0) is 22.2. The van der Waals surface area contributed by atoms with Gasteiger partial charge in [-0.25, -0.2) is 0 Å². The zero-order valence-electron chi connectivity index (χ0n) is 17.9. The van der Waals surface area contributed by atoms with Crippen molar-refractivity contribution in [3.63, 3.8) is 0 Å². The minimum absolute atomic E-state index is 0.431. The van der Waals surface area contributed by atoms with Crippen molar-refractivity contribution in [1.82, 2.24) is 0 Å². The van der Waals surface area contributed by atoms with E-state index in [1.54, 1.807) is 0 Å². The van der Waals surface area contributed by atoms with Gasteiger partial charge in [0.1, 0.15) is 6.61 Å². The van der Waals surface area contributed by atoms with Crippen molar-refractivity contribution >= 4 is 28.9 Å². The summed E-state index contributed by atoms with van der Waals surface area (Å²) in [6.07, 6.45) is 2.55. The van der Waals surface area contributed by atoms with E-state index in [1.807, 2.05) is 68.5 Å². The SMILES string of the molecule is C=CCc1cc(CNc2cccc(Cl)c2C)cc(OCC)c1OCc1ccc(Cl)cc1. The van der Waals surface area contributed by atoms with Crippen molar-refractivity contribution in [2.24, 2.45) is 0 Å². The van der Waals surface area contributed by atoms with E-state index in [0.29, 0.717) is 31.2 Å². The summed E-state index contributed by atoms with van der Waals surface area (Å²) >= 11 is 12.2. The van der Waals surface area contributed by atoms with Crippen LogP contribution in [0.2, 0.25) is 10.0 Å². The van der Waals surface area contributed by atoms with Crippen molar-refractivity contribution in [1.29, 1.82) is 0 Å². The van der Waals surface area contributed by atoms with Crippen LogP contribution in [0.3, 0.4) is 0 Å². The highest BCUT2D eigenvalue weighted by Gasteiger charge is 2.14. The van der Waals surface area contributed by atoms with Gasteiger partial charge in [-0.15, -0.1) is 6.58 Å². The molecule has 1 N–H and O–H groups in total. The van der Waals surface area contributed by atoms with Gasteiger partial charge in [-0.2, -0.15) is 0 Å². The van der Waals surface area contributed by atoms with Gasteiger partial charge in [-0.05, 0) is 73.4 Å². The van der Waals surface area contributed by atoms with E-state index in [4.69, 9.17) is 32.7 Å². The van der Waals surface area contributed by atoms with Crippen molar-refractivity contribution < 1.29 is 9.47 Å². The number of benzene rings is 3. The normalized spacial score (nSPS) is 10.6. The number of ether oxygens (including phenoxy) is 2. The Hall–Kier alpha value is -2.62. The Bertz CT molecular complexity index is 1030. The number of halogens is 2. The highest BCUT2D eigenvalue weighted by molar-refractivity contribution is 6.31. The standard InChI is InChI=1S/C26H27Cl2NO2/c1-4-7-21-14-20(16-29-24-9-6-8-23(28)18(24)3)15-25(30-5-2)26(21)31-17-19-10-12-22(27)13-11-19/h4,6,8-15,29H,1,5,7,16-17H2,2-3H3. The van der Waals surface area contributed by atoms with E-state index in [9.17, 15) is 0 Å². The van der Waals surface area contributed by atoms with Crippen LogP contribution >= 0.6 is 23.2 Å². The Morgan fingerprint density at radius 3 is 2.48 bits per heavy atom. The molecule has 3 nitrogen and oxygen atoms in total. The summed E-state index contributed by atoms with van der Waals surface area (Å²) in [4.78, 5) is 0. The number of allylic oxidation sites excluding steroid dienone is 1. The number of rotatable bonds is 10. The monoisotopic (exact) mass is 455 g/mol. The maximum Gasteiger partial charge on any atom is 0.165 e. The fourth-order valence-corrected chi connectivity index (χ4v) is 3.59. The van der Waals surface area contributed by atoms with Gasteiger partial charge in [-0.1, -0.05) is 47.5 Å². The Morgan fingerprint density at radius 2 is 1.77 bits per heavy atom. The molecule has 0 heterocycles. The molecule has 3 aromatic rings. The van der Waals surface area contributed by atoms with E-state index in [2.05, 4.69) is 18.0 Å². The van der Waals surface area contributed by atoms with Gasteiger partial charge in [0, 0.05) is 27.8 Å². The molecule has 3 rings (SSSR count). The maximum absolute atomic E-state index is 6.25. The van der Waals surface area contributed by atoms with Crippen LogP contribution in [-0.2, 0) is 19.6 Å². The predicted molar refractivity (Wildman–Crippen MR) is 131 cm³/mol. The topological polar surface area (TPSA) is 30.5 Å². The zero-order valence-corrected chi connectivity index (χ0v) is 19.4. The summed E-state index contributed by atoms with van der Waals surface area (Å²) in [6.45, 7) is 9.50. The van der Waals surface area contributed by atoms with Crippen molar-refractivity contribution in [2.75, 3.05) is 11.9 Å². The van der Waals surface area contributed by atoms with Crippen LogP contribution in [0.1, 0.15) is 29.2 Å². The number of hydrogen-bond donors (Lipinski definition) is 1. The van der Waals surface area contributed by atoms with Gasteiger partial charge in [0.25, 0.3) is 0 Å². The lowest BCUT2D eigenvalue weighted by Gasteiger charge is -2.18. The molecule has 0 spiro atoms. The highest BCUT2D eigenvalue weighted by atomic mass is 35.5. The number of anilines is 1. The second-order valence-corrected chi connectivity index (χ2v) is 8.03. The smallest absolute Gasteiger partial charge is 0.165 e. The Kier molecular flexibility index (Phi) is 8.27. The summed E-state index contributed by atoms with van der Waals surface area (Å²) < 4.78 is 12.1. The summed E-state index contributed by atoms with van der Waals surface area (Å²) in [5.74, 6) is 1.48. The lowest BCUT2D eigenvalue weighted by molar-refractivity contribution is 0.267. The van der Waals surface area contributed by atoms with Crippen LogP contribution in [0, 0.1) is 6.92 Å². The minimum atomic E-state index is 0.431. The average Bonchev–Trinajstić information content (AvgIpc) is 2.76. The molecule has 31 heavy (non-hydrogen) atoms. The molecule has 5 heteroatoms. The van der Waals surface area contributed by atoms with E-state index in [-0.39, 0.29) is 0 Å². The molecule has 162 valence electrons.